The van der Waals surface area contributed by atoms with E-state index in [2.05, 4.69) is 45.7 Å². The van der Waals surface area contributed by atoms with Crippen LogP contribution < -0.4 is 5.73 Å². The fourth-order valence-electron chi connectivity index (χ4n) is 2.15. The zero-order valence-corrected chi connectivity index (χ0v) is 12.9. The Balaban J connectivity index is 2.24. The van der Waals surface area contributed by atoms with Crippen LogP contribution in [-0.2, 0) is 0 Å². The second-order valence-corrected chi connectivity index (χ2v) is 6.20. The molecule has 0 spiro atoms. The predicted molar refractivity (Wildman–Crippen MR) is 79.9 cm³/mol. The topological polar surface area (TPSA) is 41.6 Å². The highest BCUT2D eigenvalue weighted by Gasteiger charge is 2.28. The van der Waals surface area contributed by atoms with Gasteiger partial charge >= 0.3 is 0 Å². The van der Waals surface area contributed by atoms with Gasteiger partial charge in [-0.3, -0.25) is 4.99 Å². The number of hydrogen-bond acceptors (Lipinski definition) is 3. The van der Waals surface area contributed by atoms with Gasteiger partial charge in [-0.1, -0.05) is 31.5 Å². The van der Waals surface area contributed by atoms with Crippen molar-refractivity contribution >= 4 is 33.5 Å². The lowest BCUT2D eigenvalue weighted by Crippen LogP contribution is -2.38. The van der Waals surface area contributed by atoms with E-state index in [0.29, 0.717) is 18.4 Å². The Morgan fingerprint density at radius 2 is 2.28 bits per heavy atom. The molecule has 1 unspecified atom stereocenters. The van der Waals surface area contributed by atoms with Gasteiger partial charge in [0.2, 0.25) is 0 Å². The number of nitrogens with two attached hydrogens (primary N) is 1. The molecule has 1 atom stereocenters. The van der Waals surface area contributed by atoms with Crippen LogP contribution in [0.25, 0.3) is 0 Å². The lowest BCUT2D eigenvalue weighted by atomic mass is 10.1. The summed E-state index contributed by atoms with van der Waals surface area (Å²) >= 11 is 9.55. The third kappa shape index (κ3) is 2.81. The van der Waals surface area contributed by atoms with Gasteiger partial charge in [-0.05, 0) is 39.5 Å². The van der Waals surface area contributed by atoms with Crippen LogP contribution in [0.5, 0.6) is 0 Å². The van der Waals surface area contributed by atoms with E-state index in [1.54, 1.807) is 0 Å². The lowest BCUT2D eigenvalue weighted by Gasteiger charge is -2.28. The van der Waals surface area contributed by atoms with Gasteiger partial charge in [0.1, 0.15) is 0 Å². The molecule has 1 aromatic carbocycles. The predicted octanol–water partition coefficient (Wildman–Crippen LogP) is 3.43. The summed E-state index contributed by atoms with van der Waals surface area (Å²) in [6.45, 7) is 5.97. The van der Waals surface area contributed by atoms with Crippen LogP contribution >= 0.6 is 27.5 Å². The summed E-state index contributed by atoms with van der Waals surface area (Å²) in [6, 6.07) is 6.23. The minimum absolute atomic E-state index is 0.206. The van der Waals surface area contributed by atoms with Gasteiger partial charge in [0, 0.05) is 11.0 Å². The fourth-order valence-corrected chi connectivity index (χ4v) is 2.58. The van der Waals surface area contributed by atoms with E-state index in [1.807, 2.05) is 12.1 Å². The van der Waals surface area contributed by atoms with E-state index in [0.717, 1.165) is 21.6 Å². The Morgan fingerprint density at radius 3 is 2.89 bits per heavy atom. The quantitative estimate of drug-likeness (QED) is 0.922. The summed E-state index contributed by atoms with van der Waals surface area (Å²) in [5, 5.41) is 0.725. The third-order valence-electron chi connectivity index (χ3n) is 2.99. The highest BCUT2D eigenvalue weighted by molar-refractivity contribution is 9.10. The first-order valence-corrected chi connectivity index (χ1v) is 7.17. The summed E-state index contributed by atoms with van der Waals surface area (Å²) in [7, 11) is 0. The van der Waals surface area contributed by atoms with Gasteiger partial charge in [0.25, 0.3) is 0 Å². The van der Waals surface area contributed by atoms with E-state index < -0.39 is 0 Å². The summed E-state index contributed by atoms with van der Waals surface area (Å²) < 4.78 is 0.912. The Bertz CT molecular complexity index is 473. The minimum Gasteiger partial charge on any atom is -0.370 e. The standard InChI is InChI=1S/C13H17BrClN3/c1-8(2)7-18-12(6-17-13(18)16)9-3-4-10(14)11(15)5-9/h3-5,8,12H,6-7H2,1-2H3,(H2,16,17). The van der Waals surface area contributed by atoms with Crippen LogP contribution in [0, 0.1) is 5.92 Å². The van der Waals surface area contributed by atoms with Gasteiger partial charge in [-0.15, -0.1) is 0 Å². The molecule has 98 valence electrons. The first-order valence-electron chi connectivity index (χ1n) is 6.00. The molecule has 0 amide bonds. The fraction of sp³-hybridized carbons (Fsp3) is 0.462. The number of halogens is 2. The maximum atomic E-state index is 6.15. The van der Waals surface area contributed by atoms with E-state index in [1.165, 1.54) is 0 Å². The second-order valence-electron chi connectivity index (χ2n) is 4.93. The van der Waals surface area contributed by atoms with Crippen molar-refractivity contribution in [3.8, 4) is 0 Å². The number of benzene rings is 1. The molecule has 0 fully saturated rings. The number of aliphatic imine (C=N–C) groups is 1. The van der Waals surface area contributed by atoms with Crippen LogP contribution in [0.1, 0.15) is 25.5 Å². The van der Waals surface area contributed by atoms with Crippen molar-refractivity contribution < 1.29 is 0 Å². The number of hydrogen-bond donors (Lipinski definition) is 1. The Hall–Kier alpha value is -0.740. The van der Waals surface area contributed by atoms with Crippen LogP contribution in [0.2, 0.25) is 5.02 Å². The van der Waals surface area contributed by atoms with Crippen molar-refractivity contribution in [1.82, 2.24) is 4.90 Å². The van der Waals surface area contributed by atoms with Gasteiger partial charge < -0.3 is 10.6 Å². The van der Waals surface area contributed by atoms with Crippen LogP contribution in [-0.4, -0.2) is 23.9 Å². The molecule has 1 aromatic rings. The van der Waals surface area contributed by atoms with Crippen molar-refractivity contribution in [3.63, 3.8) is 0 Å². The van der Waals surface area contributed by atoms with Crippen molar-refractivity contribution in [2.45, 2.75) is 19.9 Å². The molecule has 1 aliphatic heterocycles. The summed E-state index contributed by atoms with van der Waals surface area (Å²) in [5.74, 6) is 1.18. The minimum atomic E-state index is 0.206. The molecule has 0 radical (unpaired) electrons. The summed E-state index contributed by atoms with van der Waals surface area (Å²) in [6.07, 6.45) is 0. The molecule has 0 aliphatic carbocycles. The molecule has 0 saturated heterocycles. The first kappa shape index (κ1) is 13.7. The summed E-state index contributed by atoms with van der Waals surface area (Å²) in [5.41, 5.74) is 7.12. The molecule has 0 bridgehead atoms. The third-order valence-corrected chi connectivity index (χ3v) is 4.22. The van der Waals surface area contributed by atoms with Crippen LogP contribution in [0.4, 0.5) is 0 Å². The highest BCUT2D eigenvalue weighted by atomic mass is 79.9. The SMILES string of the molecule is CC(C)CN1C(N)=NCC1c1ccc(Br)c(Cl)c1. The molecule has 1 aliphatic rings. The number of rotatable bonds is 3. The van der Waals surface area contributed by atoms with Gasteiger partial charge in [-0.25, -0.2) is 0 Å². The molecule has 1 heterocycles. The average molecular weight is 331 g/mol. The molecule has 3 nitrogen and oxygen atoms in total. The van der Waals surface area contributed by atoms with E-state index >= 15 is 0 Å². The Labute approximate surface area is 121 Å². The first-order chi connectivity index (χ1) is 8.49. The van der Waals surface area contributed by atoms with Crippen molar-refractivity contribution in [3.05, 3.63) is 33.3 Å². The van der Waals surface area contributed by atoms with Gasteiger partial charge in [0.05, 0.1) is 17.6 Å². The van der Waals surface area contributed by atoms with Gasteiger partial charge in [-0.2, -0.15) is 0 Å². The number of nitrogens with zero attached hydrogens (tertiary/aromatic N) is 2. The lowest BCUT2D eigenvalue weighted by molar-refractivity contribution is 0.309. The summed E-state index contributed by atoms with van der Waals surface area (Å²) in [4.78, 5) is 6.50. The zero-order chi connectivity index (χ0) is 13.3. The monoisotopic (exact) mass is 329 g/mol. The average Bonchev–Trinajstić information content (AvgIpc) is 2.64. The zero-order valence-electron chi connectivity index (χ0n) is 10.5. The normalized spacial score (nSPS) is 19.5. The molecule has 0 aromatic heterocycles. The van der Waals surface area contributed by atoms with Crippen molar-refractivity contribution in [2.24, 2.45) is 16.6 Å². The molecular formula is C13H17BrClN3. The maximum Gasteiger partial charge on any atom is 0.191 e. The number of guanidine groups is 1. The Kier molecular flexibility index (Phi) is 4.17. The van der Waals surface area contributed by atoms with Crippen LogP contribution in [0.15, 0.2) is 27.7 Å². The molecular weight excluding hydrogens is 314 g/mol. The molecule has 0 saturated carbocycles. The largest absolute Gasteiger partial charge is 0.370 e. The molecule has 18 heavy (non-hydrogen) atoms. The van der Waals surface area contributed by atoms with Gasteiger partial charge in [0.15, 0.2) is 5.96 Å². The second kappa shape index (κ2) is 5.49. The van der Waals surface area contributed by atoms with Crippen molar-refractivity contribution in [1.29, 1.82) is 0 Å². The van der Waals surface area contributed by atoms with E-state index in [4.69, 9.17) is 17.3 Å². The van der Waals surface area contributed by atoms with E-state index in [-0.39, 0.29) is 6.04 Å². The molecule has 2 rings (SSSR count). The Morgan fingerprint density at radius 1 is 1.56 bits per heavy atom. The highest BCUT2D eigenvalue weighted by Crippen LogP contribution is 2.31. The smallest absolute Gasteiger partial charge is 0.191 e. The maximum absolute atomic E-state index is 6.15. The molecule has 2 N–H and O–H groups in total. The molecule has 5 heteroatoms. The van der Waals surface area contributed by atoms with E-state index in [9.17, 15) is 0 Å². The van der Waals surface area contributed by atoms with Crippen molar-refractivity contribution in [2.75, 3.05) is 13.1 Å². The van der Waals surface area contributed by atoms with Crippen LogP contribution in [0.3, 0.4) is 0 Å².